The normalized spacial score (nSPS) is 27.7. The van der Waals surface area contributed by atoms with Gasteiger partial charge in [-0.2, -0.15) is 0 Å². The second-order valence-electron chi connectivity index (χ2n) is 5.19. The van der Waals surface area contributed by atoms with E-state index in [4.69, 9.17) is 9.47 Å². The van der Waals surface area contributed by atoms with Crippen LogP contribution in [0.2, 0.25) is 0 Å². The number of aliphatic hydroxyl groups is 3. The Hall–Kier alpha value is -1.85. The molecule has 1 fully saturated rings. The van der Waals surface area contributed by atoms with Gasteiger partial charge in [0.25, 0.3) is 0 Å². The first-order valence-corrected chi connectivity index (χ1v) is 7.20. The lowest BCUT2D eigenvalue weighted by atomic mass is 10.1. The van der Waals surface area contributed by atoms with E-state index in [0.717, 1.165) is 0 Å². The maximum atomic E-state index is 10.1. The van der Waals surface area contributed by atoms with Gasteiger partial charge in [0.1, 0.15) is 24.6 Å². The van der Waals surface area contributed by atoms with Crippen LogP contribution in [0.5, 0.6) is 0 Å². The number of hydrogen-bond acceptors (Lipinski definition) is 9. The Morgan fingerprint density at radius 2 is 2.13 bits per heavy atom. The molecule has 4 N–H and O–H groups in total. The van der Waals surface area contributed by atoms with E-state index in [2.05, 4.69) is 20.3 Å². The van der Waals surface area contributed by atoms with Crippen molar-refractivity contribution in [3.8, 4) is 0 Å². The molecule has 0 spiro atoms. The summed E-state index contributed by atoms with van der Waals surface area (Å²) in [4.78, 5) is 12.6. The van der Waals surface area contributed by atoms with Gasteiger partial charge in [0.15, 0.2) is 23.2 Å². The Morgan fingerprint density at radius 1 is 1.30 bits per heavy atom. The van der Waals surface area contributed by atoms with Crippen molar-refractivity contribution in [2.24, 2.45) is 0 Å². The molecule has 2 aromatic rings. The molecule has 0 unspecified atom stereocenters. The maximum Gasteiger partial charge on any atom is 0.167 e. The number of ether oxygens (including phenoxy) is 2. The number of anilines is 1. The largest absolute Gasteiger partial charge is 0.394 e. The van der Waals surface area contributed by atoms with Crippen molar-refractivity contribution in [3.63, 3.8) is 0 Å². The van der Waals surface area contributed by atoms with Crippen LogP contribution in [-0.4, -0.2) is 80.0 Å². The van der Waals surface area contributed by atoms with E-state index in [9.17, 15) is 15.3 Å². The molecule has 10 nitrogen and oxygen atoms in total. The van der Waals surface area contributed by atoms with Crippen molar-refractivity contribution >= 4 is 17.0 Å². The molecule has 23 heavy (non-hydrogen) atoms. The number of methoxy groups -OCH3 is 1. The molecule has 3 rings (SSSR count). The first kappa shape index (κ1) is 16.0. The van der Waals surface area contributed by atoms with Gasteiger partial charge in [-0.05, 0) is 0 Å². The second-order valence-corrected chi connectivity index (χ2v) is 5.19. The number of aliphatic hydroxyl groups excluding tert-OH is 3. The molecule has 3 heterocycles. The topological polar surface area (TPSA) is 135 Å². The molecular formula is C13H19N5O5. The van der Waals surface area contributed by atoms with E-state index in [1.54, 1.807) is 7.11 Å². The van der Waals surface area contributed by atoms with Crippen molar-refractivity contribution in [2.75, 3.05) is 32.2 Å². The minimum atomic E-state index is -1.19. The maximum absolute atomic E-state index is 10.1. The lowest BCUT2D eigenvalue weighted by Gasteiger charge is -2.16. The second kappa shape index (κ2) is 6.72. The van der Waals surface area contributed by atoms with E-state index < -0.39 is 24.5 Å². The number of nitrogens with zero attached hydrogens (tertiary/aromatic N) is 4. The first-order chi connectivity index (χ1) is 11.2. The number of fused-ring (bicyclic) bond motifs is 1. The van der Waals surface area contributed by atoms with Crippen LogP contribution in [0.4, 0.5) is 5.82 Å². The first-order valence-electron chi connectivity index (χ1n) is 7.20. The van der Waals surface area contributed by atoms with Crippen LogP contribution in [0, 0.1) is 0 Å². The standard InChI is InChI=1S/C13H19N5O5/c1-22-3-2-14-11-8-12(16-5-15-11)18(6-17-8)13-10(21)9(20)7(4-19)23-13/h5-7,9-10,13,19-21H,2-4H2,1H3,(H,14,15,16)/t7-,9-,10-,13-/m1/s1. The Kier molecular flexibility index (Phi) is 4.68. The van der Waals surface area contributed by atoms with Gasteiger partial charge >= 0.3 is 0 Å². The van der Waals surface area contributed by atoms with Crippen molar-refractivity contribution in [1.29, 1.82) is 0 Å². The Bertz CT molecular complexity index is 665. The average molecular weight is 325 g/mol. The van der Waals surface area contributed by atoms with Crippen LogP contribution in [0.3, 0.4) is 0 Å². The quantitative estimate of drug-likeness (QED) is 0.468. The van der Waals surface area contributed by atoms with Gasteiger partial charge < -0.3 is 30.1 Å². The van der Waals surface area contributed by atoms with Gasteiger partial charge in [0.05, 0.1) is 19.5 Å². The van der Waals surface area contributed by atoms with Crippen molar-refractivity contribution in [3.05, 3.63) is 12.7 Å². The molecule has 0 bridgehead atoms. The van der Waals surface area contributed by atoms with E-state index in [1.165, 1.54) is 17.2 Å². The van der Waals surface area contributed by atoms with Crippen LogP contribution in [0.1, 0.15) is 6.23 Å². The molecular weight excluding hydrogens is 306 g/mol. The van der Waals surface area contributed by atoms with Crippen LogP contribution in [0.15, 0.2) is 12.7 Å². The Morgan fingerprint density at radius 3 is 2.83 bits per heavy atom. The molecule has 1 aliphatic heterocycles. The highest BCUT2D eigenvalue weighted by atomic mass is 16.6. The smallest absolute Gasteiger partial charge is 0.167 e. The van der Waals surface area contributed by atoms with Crippen molar-refractivity contribution < 1.29 is 24.8 Å². The van der Waals surface area contributed by atoms with E-state index in [1.807, 2.05) is 0 Å². The molecule has 0 aliphatic carbocycles. The van der Waals surface area contributed by atoms with Crippen LogP contribution < -0.4 is 5.32 Å². The van der Waals surface area contributed by atoms with E-state index in [-0.39, 0.29) is 6.61 Å². The van der Waals surface area contributed by atoms with Gasteiger partial charge in [-0.3, -0.25) is 4.57 Å². The van der Waals surface area contributed by atoms with Crippen LogP contribution >= 0.6 is 0 Å². The molecule has 0 aromatic carbocycles. The highest BCUT2D eigenvalue weighted by Gasteiger charge is 2.43. The fourth-order valence-electron chi connectivity index (χ4n) is 2.55. The Labute approximate surface area is 131 Å². The predicted molar refractivity (Wildman–Crippen MR) is 78.7 cm³/mol. The summed E-state index contributed by atoms with van der Waals surface area (Å²) in [6.45, 7) is 0.685. The number of hydrogen-bond donors (Lipinski definition) is 4. The summed E-state index contributed by atoms with van der Waals surface area (Å²) < 4.78 is 12.0. The van der Waals surface area contributed by atoms with Gasteiger partial charge in [0.2, 0.25) is 0 Å². The minimum absolute atomic E-state index is 0.389. The molecule has 0 saturated carbocycles. The minimum Gasteiger partial charge on any atom is -0.394 e. The summed E-state index contributed by atoms with van der Waals surface area (Å²) in [5.41, 5.74) is 0.969. The van der Waals surface area contributed by atoms with Crippen LogP contribution in [0.25, 0.3) is 11.2 Å². The summed E-state index contributed by atoms with van der Waals surface area (Å²) in [5, 5.41) is 32.3. The zero-order chi connectivity index (χ0) is 16.4. The zero-order valence-corrected chi connectivity index (χ0v) is 12.5. The monoisotopic (exact) mass is 325 g/mol. The third-order valence-corrected chi connectivity index (χ3v) is 3.75. The van der Waals surface area contributed by atoms with Gasteiger partial charge in [-0.15, -0.1) is 0 Å². The number of imidazole rings is 1. The summed E-state index contributed by atoms with van der Waals surface area (Å²) in [5.74, 6) is 0.539. The third kappa shape index (κ3) is 2.86. The van der Waals surface area contributed by atoms with Crippen molar-refractivity contribution in [1.82, 2.24) is 19.5 Å². The van der Waals surface area contributed by atoms with E-state index >= 15 is 0 Å². The highest BCUT2D eigenvalue weighted by Crippen LogP contribution is 2.31. The molecule has 1 aliphatic rings. The van der Waals surface area contributed by atoms with E-state index in [0.29, 0.717) is 30.1 Å². The summed E-state index contributed by atoms with van der Waals surface area (Å²) >= 11 is 0. The van der Waals surface area contributed by atoms with Gasteiger partial charge in [-0.25, -0.2) is 15.0 Å². The lowest BCUT2D eigenvalue weighted by Crippen LogP contribution is -2.33. The molecule has 0 radical (unpaired) electrons. The predicted octanol–water partition coefficient (Wildman–Crippen LogP) is -1.50. The summed E-state index contributed by atoms with van der Waals surface area (Å²) in [6, 6.07) is 0. The average Bonchev–Trinajstić information content (AvgIpc) is 3.11. The summed E-state index contributed by atoms with van der Waals surface area (Å²) in [7, 11) is 1.60. The van der Waals surface area contributed by atoms with Gasteiger partial charge in [0, 0.05) is 13.7 Å². The number of rotatable bonds is 6. The fourth-order valence-corrected chi connectivity index (χ4v) is 2.55. The molecule has 10 heteroatoms. The molecule has 4 atom stereocenters. The van der Waals surface area contributed by atoms with Gasteiger partial charge in [-0.1, -0.05) is 0 Å². The molecule has 0 amide bonds. The number of aromatic nitrogens is 4. The van der Waals surface area contributed by atoms with Crippen molar-refractivity contribution in [2.45, 2.75) is 24.5 Å². The number of nitrogens with one attached hydrogen (secondary N) is 1. The SMILES string of the molecule is COCCNc1ncnc2c1ncn2[C@@H]1O[C@H](CO)[C@@H](O)[C@H]1O. The molecule has 2 aromatic heterocycles. The fraction of sp³-hybridized carbons (Fsp3) is 0.615. The third-order valence-electron chi connectivity index (χ3n) is 3.75. The zero-order valence-electron chi connectivity index (χ0n) is 12.5. The summed E-state index contributed by atoms with van der Waals surface area (Å²) in [6.07, 6.45) is -1.27. The Balaban J connectivity index is 1.90. The molecule has 126 valence electrons. The van der Waals surface area contributed by atoms with Crippen LogP contribution in [-0.2, 0) is 9.47 Å². The lowest BCUT2D eigenvalue weighted by molar-refractivity contribution is -0.0511. The highest BCUT2D eigenvalue weighted by molar-refractivity contribution is 5.82. The molecule has 1 saturated heterocycles.